The first-order valence-electron chi connectivity index (χ1n) is 12.4. The number of aryl methyl sites for hydroxylation is 1. The van der Waals surface area contributed by atoms with Crippen molar-refractivity contribution < 1.29 is 19.5 Å². The van der Waals surface area contributed by atoms with Gasteiger partial charge in [-0.25, -0.2) is 0 Å². The van der Waals surface area contributed by atoms with E-state index in [0.29, 0.717) is 17.3 Å². The van der Waals surface area contributed by atoms with Crippen LogP contribution >= 0.6 is 23.5 Å². The van der Waals surface area contributed by atoms with Crippen LogP contribution < -0.4 is 5.32 Å². The van der Waals surface area contributed by atoms with Crippen LogP contribution in [-0.2, 0) is 29.1 Å². The van der Waals surface area contributed by atoms with E-state index in [9.17, 15) is 19.5 Å². The molecule has 0 aliphatic carbocycles. The van der Waals surface area contributed by atoms with Crippen LogP contribution in [0, 0.1) is 0 Å². The predicted octanol–water partition coefficient (Wildman–Crippen LogP) is 3.52. The second kappa shape index (κ2) is 14.1. The molecule has 3 aromatic rings. The first-order chi connectivity index (χ1) is 18.4. The highest BCUT2D eigenvalue weighted by molar-refractivity contribution is 8.13. The summed E-state index contributed by atoms with van der Waals surface area (Å²) >= 11 is 2.34. The summed E-state index contributed by atoms with van der Waals surface area (Å²) in [6.07, 6.45) is 2.68. The minimum absolute atomic E-state index is 0.296. The van der Waals surface area contributed by atoms with Crippen molar-refractivity contribution >= 4 is 40.5 Å². The summed E-state index contributed by atoms with van der Waals surface area (Å²) in [5, 5.41) is 23.9. The molecular weight excluding hydrogens is 524 g/mol. The number of amides is 1. The van der Waals surface area contributed by atoms with Gasteiger partial charge < -0.3 is 10.4 Å². The number of rotatable bonds is 13. The lowest BCUT2D eigenvalue weighted by atomic mass is 10.1. The molecule has 4 rings (SSSR count). The molecule has 0 bridgehead atoms. The van der Waals surface area contributed by atoms with Gasteiger partial charge in [0.2, 0.25) is 5.16 Å². The molecule has 2 N–H and O–H groups in total. The standard InChI is InChI=1S/C26H30N6O4S2/c33-23(22(16-24(34)35)27-26(36)37-15-12-19-6-2-1-3-7-19)18-32-29-25(28-30-32)38-21-10-8-20(9-11-21)17-31-13-4-5-14-31/h1-3,6-11,22H,4-5,12-18H2,(H,27,36)(H,34,35). The van der Waals surface area contributed by atoms with Crippen LogP contribution in [-0.4, -0.2) is 72.1 Å². The Balaban J connectivity index is 1.26. The molecule has 38 heavy (non-hydrogen) atoms. The zero-order valence-corrected chi connectivity index (χ0v) is 22.5. The molecule has 1 unspecified atom stereocenters. The van der Waals surface area contributed by atoms with Crippen LogP contribution in [0.15, 0.2) is 64.6 Å². The summed E-state index contributed by atoms with van der Waals surface area (Å²) in [5.41, 5.74) is 2.35. The molecule has 1 aliphatic rings. The number of hydrogen-bond acceptors (Lipinski definition) is 9. The van der Waals surface area contributed by atoms with E-state index in [2.05, 4.69) is 37.8 Å². The Morgan fingerprint density at radius 2 is 1.74 bits per heavy atom. The summed E-state index contributed by atoms with van der Waals surface area (Å²) in [6, 6.07) is 16.7. The fraction of sp³-hybridized carbons (Fsp3) is 0.385. The fourth-order valence-corrected chi connectivity index (χ4v) is 5.51. The Hall–Kier alpha value is -3.22. The topological polar surface area (TPSA) is 130 Å². The molecule has 1 aromatic heterocycles. The quantitative estimate of drug-likeness (QED) is 0.324. The molecule has 200 valence electrons. The van der Waals surface area contributed by atoms with E-state index >= 15 is 0 Å². The highest BCUT2D eigenvalue weighted by Crippen LogP contribution is 2.25. The Kier molecular flexibility index (Phi) is 10.3. The number of hydrogen-bond donors (Lipinski definition) is 2. The van der Waals surface area contributed by atoms with Gasteiger partial charge in [0.25, 0.3) is 5.24 Å². The number of likely N-dealkylation sites (tertiary alicyclic amines) is 1. The molecule has 10 nitrogen and oxygen atoms in total. The molecule has 0 spiro atoms. The largest absolute Gasteiger partial charge is 0.481 e. The number of carboxylic acid groups (broad SMARTS) is 1. The van der Waals surface area contributed by atoms with E-state index in [1.165, 1.54) is 30.2 Å². The number of Topliss-reactive ketones (excluding diaryl/α,β-unsaturated/α-hetero) is 1. The zero-order chi connectivity index (χ0) is 26.7. The van der Waals surface area contributed by atoms with Crippen molar-refractivity contribution in [3.8, 4) is 0 Å². The van der Waals surface area contributed by atoms with Crippen molar-refractivity contribution in [1.29, 1.82) is 0 Å². The average Bonchev–Trinajstić information content (AvgIpc) is 3.57. The number of thioether (sulfide) groups is 1. The molecule has 1 fully saturated rings. The van der Waals surface area contributed by atoms with Crippen molar-refractivity contribution in [2.45, 2.75) is 54.9 Å². The molecule has 1 atom stereocenters. The predicted molar refractivity (Wildman–Crippen MR) is 145 cm³/mol. The van der Waals surface area contributed by atoms with Gasteiger partial charge >= 0.3 is 5.97 Å². The molecule has 2 heterocycles. The van der Waals surface area contributed by atoms with E-state index in [0.717, 1.165) is 46.7 Å². The number of nitrogens with one attached hydrogen (secondary N) is 1. The lowest BCUT2D eigenvalue weighted by Crippen LogP contribution is -2.42. The minimum atomic E-state index is -1.19. The third-order valence-corrected chi connectivity index (χ3v) is 7.64. The molecule has 0 radical (unpaired) electrons. The molecular formula is C26H30N6O4S2. The second-order valence-corrected chi connectivity index (χ2v) is 11.1. The van der Waals surface area contributed by atoms with Crippen molar-refractivity contribution in [2.75, 3.05) is 18.8 Å². The molecule has 1 amide bonds. The first kappa shape index (κ1) is 27.8. The smallest absolute Gasteiger partial charge is 0.305 e. The maximum absolute atomic E-state index is 12.8. The minimum Gasteiger partial charge on any atom is -0.481 e. The van der Waals surface area contributed by atoms with Gasteiger partial charge in [0.05, 0.1) is 6.42 Å². The van der Waals surface area contributed by atoms with Gasteiger partial charge in [0.1, 0.15) is 12.6 Å². The number of nitrogens with zero attached hydrogens (tertiary/aromatic N) is 5. The van der Waals surface area contributed by atoms with Crippen LogP contribution in [0.3, 0.4) is 0 Å². The van der Waals surface area contributed by atoms with Gasteiger partial charge in [-0.2, -0.15) is 4.80 Å². The number of tetrazole rings is 1. The van der Waals surface area contributed by atoms with Crippen LogP contribution in [0.25, 0.3) is 0 Å². The zero-order valence-electron chi connectivity index (χ0n) is 20.9. The van der Waals surface area contributed by atoms with E-state index < -0.39 is 29.5 Å². The second-order valence-electron chi connectivity index (χ2n) is 8.96. The number of carbonyl (C=O) groups is 3. The van der Waals surface area contributed by atoms with Gasteiger partial charge in [-0.15, -0.1) is 10.2 Å². The Morgan fingerprint density at radius 1 is 1.00 bits per heavy atom. The van der Waals surface area contributed by atoms with E-state index in [4.69, 9.17) is 0 Å². The Morgan fingerprint density at radius 3 is 2.45 bits per heavy atom. The number of carbonyl (C=O) groups excluding carboxylic acids is 2. The van der Waals surface area contributed by atoms with Gasteiger partial charge in [-0.3, -0.25) is 19.3 Å². The number of benzene rings is 2. The highest BCUT2D eigenvalue weighted by atomic mass is 32.2. The van der Waals surface area contributed by atoms with Crippen molar-refractivity contribution in [3.05, 3.63) is 65.7 Å². The van der Waals surface area contributed by atoms with Gasteiger partial charge in [0.15, 0.2) is 5.78 Å². The van der Waals surface area contributed by atoms with Gasteiger partial charge in [0, 0.05) is 17.2 Å². The third-order valence-electron chi connectivity index (χ3n) is 6.00. The monoisotopic (exact) mass is 554 g/mol. The average molecular weight is 555 g/mol. The number of ketones is 1. The van der Waals surface area contributed by atoms with Crippen molar-refractivity contribution in [2.24, 2.45) is 0 Å². The molecule has 1 aliphatic heterocycles. The summed E-state index contributed by atoms with van der Waals surface area (Å²) in [5.74, 6) is -1.19. The van der Waals surface area contributed by atoms with Crippen LogP contribution in [0.4, 0.5) is 4.79 Å². The SMILES string of the molecule is O=C(O)CC(NC(=O)SCCc1ccccc1)C(=O)Cn1nnc(Sc2ccc(CN3CCCC3)cc2)n1. The van der Waals surface area contributed by atoms with Crippen LogP contribution in [0.1, 0.15) is 30.4 Å². The highest BCUT2D eigenvalue weighted by Gasteiger charge is 2.25. The lowest BCUT2D eigenvalue weighted by molar-refractivity contribution is -0.139. The first-order valence-corrected chi connectivity index (χ1v) is 14.2. The van der Waals surface area contributed by atoms with Crippen LogP contribution in [0.2, 0.25) is 0 Å². The molecule has 2 aromatic carbocycles. The number of aliphatic carboxylic acids is 1. The van der Waals surface area contributed by atoms with E-state index in [1.54, 1.807) is 0 Å². The van der Waals surface area contributed by atoms with Gasteiger partial charge in [-0.05, 0) is 72.6 Å². The normalized spacial score (nSPS) is 14.3. The fourth-order valence-electron chi connectivity index (χ4n) is 4.06. The Bertz CT molecular complexity index is 1220. The summed E-state index contributed by atoms with van der Waals surface area (Å²) in [4.78, 5) is 41.0. The van der Waals surface area contributed by atoms with Crippen LogP contribution in [0.5, 0.6) is 0 Å². The maximum atomic E-state index is 12.8. The summed E-state index contributed by atoms with van der Waals surface area (Å²) < 4.78 is 0. The molecule has 1 saturated heterocycles. The molecule has 0 saturated carbocycles. The third kappa shape index (κ3) is 8.96. The lowest BCUT2D eigenvalue weighted by Gasteiger charge is -2.15. The van der Waals surface area contributed by atoms with Crippen molar-refractivity contribution in [1.82, 2.24) is 30.4 Å². The van der Waals surface area contributed by atoms with Gasteiger partial charge in [-0.1, -0.05) is 54.2 Å². The van der Waals surface area contributed by atoms with E-state index in [-0.39, 0.29) is 6.54 Å². The van der Waals surface area contributed by atoms with Crippen molar-refractivity contribution in [3.63, 3.8) is 0 Å². The van der Waals surface area contributed by atoms with E-state index in [1.807, 2.05) is 42.5 Å². The molecule has 12 heteroatoms. The summed E-state index contributed by atoms with van der Waals surface area (Å²) in [6.45, 7) is 2.94. The Labute approximate surface area is 229 Å². The number of carboxylic acids is 1. The maximum Gasteiger partial charge on any atom is 0.305 e. The number of aromatic nitrogens is 4. The summed E-state index contributed by atoms with van der Waals surface area (Å²) in [7, 11) is 0.